The van der Waals surface area contributed by atoms with Crippen LogP contribution in [-0.2, 0) is 32.5 Å². The van der Waals surface area contributed by atoms with Crippen LogP contribution in [0.3, 0.4) is 0 Å². The molecule has 0 aliphatic carbocycles. The fourth-order valence-corrected chi connectivity index (χ4v) is 7.00. The first kappa shape index (κ1) is 36.7. The molecule has 15 heteroatoms. The highest BCUT2D eigenvalue weighted by atomic mass is 35.5. The molecule has 5 rings (SSSR count). The number of benzene rings is 2. The van der Waals surface area contributed by atoms with E-state index >= 15 is 0 Å². The highest BCUT2D eigenvalue weighted by Crippen LogP contribution is 2.44. The van der Waals surface area contributed by atoms with E-state index in [1.165, 1.54) is 18.0 Å². The van der Waals surface area contributed by atoms with E-state index in [1.54, 1.807) is 23.1 Å². The van der Waals surface area contributed by atoms with Crippen molar-refractivity contribution in [3.8, 4) is 0 Å². The Labute approximate surface area is 294 Å². The summed E-state index contributed by atoms with van der Waals surface area (Å²) in [6.07, 6.45) is -0.476. The number of fused-ring (bicyclic) bond motifs is 2. The average molecular weight is 719 g/mol. The predicted octanol–water partition coefficient (Wildman–Crippen LogP) is 6.17. The Kier molecular flexibility index (Phi) is 11.4. The van der Waals surface area contributed by atoms with Crippen LogP contribution in [0.5, 0.6) is 0 Å². The Balaban J connectivity index is 1.31. The van der Waals surface area contributed by atoms with Gasteiger partial charge < -0.3 is 34.8 Å². The zero-order valence-electron chi connectivity index (χ0n) is 28.0. The largest absolute Gasteiger partial charge is 0.438 e. The number of hydrogen-bond acceptors (Lipinski definition) is 8. The van der Waals surface area contributed by atoms with Crippen molar-refractivity contribution < 1.29 is 37.0 Å². The summed E-state index contributed by atoms with van der Waals surface area (Å²) in [5, 5.41) is 8.35. The Bertz CT molecular complexity index is 1610. The number of piperidine rings is 2. The highest BCUT2D eigenvalue weighted by molar-refractivity contribution is 6.33. The number of carbonyl (C=O) groups is 3. The summed E-state index contributed by atoms with van der Waals surface area (Å²) >= 11 is 6.26. The number of hydrogen-bond donors (Lipinski definition) is 3. The first-order valence-corrected chi connectivity index (χ1v) is 16.9. The number of alkyl halides is 3. The second-order valence-electron chi connectivity index (χ2n) is 12.7. The smallest absolute Gasteiger partial charge is 0.418 e. The van der Waals surface area contributed by atoms with Gasteiger partial charge in [-0.1, -0.05) is 35.9 Å². The van der Waals surface area contributed by atoms with E-state index in [9.17, 15) is 27.6 Å². The molecule has 270 valence electrons. The highest BCUT2D eigenvalue weighted by Gasteiger charge is 2.46. The molecule has 1 spiro atoms. The van der Waals surface area contributed by atoms with Gasteiger partial charge in [-0.3, -0.25) is 10.1 Å². The predicted molar refractivity (Wildman–Crippen MR) is 184 cm³/mol. The number of carbonyl (C=O) groups excluding carboxylic acids is 3. The Morgan fingerprint density at radius 1 is 1.18 bits per heavy atom. The molecule has 1 atom stereocenters. The van der Waals surface area contributed by atoms with Gasteiger partial charge in [0.1, 0.15) is 5.60 Å². The van der Waals surface area contributed by atoms with E-state index in [4.69, 9.17) is 21.1 Å². The molecule has 3 amide bonds. The number of anilines is 2. The van der Waals surface area contributed by atoms with Gasteiger partial charge in [-0.25, -0.2) is 9.59 Å². The molecule has 0 saturated carbocycles. The molecule has 2 saturated heterocycles. The van der Waals surface area contributed by atoms with Crippen LogP contribution < -0.4 is 16.0 Å². The number of rotatable bonds is 10. The number of halogens is 4. The van der Waals surface area contributed by atoms with Crippen LogP contribution in [0.2, 0.25) is 5.02 Å². The molecule has 0 unspecified atom stereocenters. The monoisotopic (exact) mass is 718 g/mol. The van der Waals surface area contributed by atoms with Gasteiger partial charge in [-0.05, 0) is 36.6 Å². The summed E-state index contributed by atoms with van der Waals surface area (Å²) in [7, 11) is 3.26. The third-order valence-corrected chi connectivity index (χ3v) is 9.60. The van der Waals surface area contributed by atoms with Gasteiger partial charge in [0.25, 0.3) is 5.91 Å². The first-order valence-electron chi connectivity index (χ1n) is 16.5. The number of ether oxygens (including phenoxy) is 2. The summed E-state index contributed by atoms with van der Waals surface area (Å²) in [6.45, 7) is 5.45. The van der Waals surface area contributed by atoms with Gasteiger partial charge in [0.15, 0.2) is 6.10 Å². The Morgan fingerprint density at radius 2 is 1.88 bits per heavy atom. The third-order valence-electron chi connectivity index (χ3n) is 9.30. The van der Waals surface area contributed by atoms with Crippen molar-refractivity contribution in [1.82, 2.24) is 20.0 Å². The van der Waals surface area contributed by atoms with Crippen molar-refractivity contribution in [2.45, 2.75) is 56.0 Å². The molecule has 0 bridgehead atoms. The standard InChI is InChI=1S/C35H42ClF3N6O5/c1-4-14-43(3)19-13-41-24-9-15-44(16-10-24)31(46)29(22-23-20-26(35(37,38)39)30(40-2)27(36)21-23)49-33(48)45-17-11-34(12-18-45)25-7-5-6-8-28(25)42-32(47)50-34/h4-8,13,19-21,24,29,40-41H,1,9-12,14-18,22H2,2-3H3,(H,42,47)/b19-13-/t29-/m1/s1. The number of para-hydroxylation sites is 1. The summed E-state index contributed by atoms with van der Waals surface area (Å²) in [6, 6.07) is 9.67. The lowest BCUT2D eigenvalue weighted by molar-refractivity contribution is -0.142. The van der Waals surface area contributed by atoms with Crippen LogP contribution >= 0.6 is 11.6 Å². The lowest BCUT2D eigenvalue weighted by Crippen LogP contribution is -2.52. The van der Waals surface area contributed by atoms with Crippen molar-refractivity contribution in [3.63, 3.8) is 0 Å². The summed E-state index contributed by atoms with van der Waals surface area (Å²) in [4.78, 5) is 44.9. The van der Waals surface area contributed by atoms with E-state index in [2.05, 4.69) is 22.5 Å². The van der Waals surface area contributed by atoms with Crippen molar-refractivity contribution >= 4 is 41.1 Å². The van der Waals surface area contributed by atoms with Crippen LogP contribution in [0.1, 0.15) is 42.4 Å². The maximum atomic E-state index is 14.0. The average Bonchev–Trinajstić information content (AvgIpc) is 3.07. The molecule has 2 aromatic carbocycles. The molecular formula is C35H42ClF3N6O5. The number of nitrogens with one attached hydrogen (secondary N) is 3. The van der Waals surface area contributed by atoms with E-state index in [1.807, 2.05) is 36.5 Å². The lowest BCUT2D eigenvalue weighted by Gasteiger charge is -2.44. The molecule has 3 aliphatic rings. The van der Waals surface area contributed by atoms with Gasteiger partial charge >= 0.3 is 18.4 Å². The second-order valence-corrected chi connectivity index (χ2v) is 13.1. The summed E-state index contributed by atoms with van der Waals surface area (Å²) in [5.41, 5.74) is -0.670. The molecule has 3 aliphatic heterocycles. The molecule has 11 nitrogen and oxygen atoms in total. The van der Waals surface area contributed by atoms with Gasteiger partial charge in [-0.2, -0.15) is 13.2 Å². The lowest BCUT2D eigenvalue weighted by atomic mass is 9.82. The van der Waals surface area contributed by atoms with Crippen molar-refractivity contribution in [1.29, 1.82) is 0 Å². The minimum atomic E-state index is -4.72. The quantitative estimate of drug-likeness (QED) is 0.250. The summed E-state index contributed by atoms with van der Waals surface area (Å²) in [5.74, 6) is -0.505. The molecule has 2 fully saturated rings. The SMILES string of the molecule is C=CCN(C)/C=C\NC1CCN(C(=O)[C@@H](Cc2cc(Cl)c(NC)c(C(F)(F)F)c2)OC(=O)N2CCC3(CC2)OC(=O)Nc2ccccc23)CC1. The molecule has 2 aromatic rings. The molecule has 3 N–H and O–H groups in total. The van der Waals surface area contributed by atoms with Crippen LogP contribution in [-0.4, -0.2) is 91.8 Å². The fraction of sp³-hybridized carbons (Fsp3) is 0.457. The van der Waals surface area contributed by atoms with Gasteiger partial charge in [0, 0.05) is 90.1 Å². The zero-order chi connectivity index (χ0) is 36.1. The molecule has 3 heterocycles. The van der Waals surface area contributed by atoms with Crippen molar-refractivity contribution in [2.24, 2.45) is 0 Å². The second kappa shape index (κ2) is 15.5. The number of likely N-dealkylation sites (tertiary alicyclic amines) is 2. The Morgan fingerprint density at radius 3 is 2.54 bits per heavy atom. The molecular weight excluding hydrogens is 677 g/mol. The maximum Gasteiger partial charge on any atom is 0.418 e. The van der Waals surface area contributed by atoms with Gasteiger partial charge in [0.2, 0.25) is 0 Å². The van der Waals surface area contributed by atoms with Crippen molar-refractivity contribution in [3.05, 3.63) is 83.2 Å². The molecule has 0 radical (unpaired) electrons. The normalized spacial score (nSPS) is 18.2. The van der Waals surface area contributed by atoms with Crippen LogP contribution in [0.25, 0.3) is 0 Å². The van der Waals surface area contributed by atoms with Gasteiger partial charge in [0.05, 0.1) is 22.0 Å². The number of nitrogens with zero attached hydrogens (tertiary/aromatic N) is 3. The topological polar surface area (TPSA) is 115 Å². The van der Waals surface area contributed by atoms with E-state index in [0.717, 1.165) is 11.6 Å². The number of amides is 3. The van der Waals surface area contributed by atoms with Crippen LogP contribution in [0.15, 0.2) is 61.5 Å². The van der Waals surface area contributed by atoms with E-state index in [0.29, 0.717) is 51.0 Å². The van der Waals surface area contributed by atoms with Crippen LogP contribution in [0, 0.1) is 0 Å². The first-order chi connectivity index (χ1) is 23.8. The minimum Gasteiger partial charge on any atom is -0.438 e. The van der Waals surface area contributed by atoms with Gasteiger partial charge in [-0.15, -0.1) is 6.58 Å². The van der Waals surface area contributed by atoms with Crippen molar-refractivity contribution in [2.75, 3.05) is 57.5 Å². The molecule has 0 aromatic heterocycles. The maximum absolute atomic E-state index is 14.0. The summed E-state index contributed by atoms with van der Waals surface area (Å²) < 4.78 is 53.6. The van der Waals surface area contributed by atoms with E-state index in [-0.39, 0.29) is 41.8 Å². The zero-order valence-corrected chi connectivity index (χ0v) is 28.8. The molecule has 50 heavy (non-hydrogen) atoms. The van der Waals surface area contributed by atoms with E-state index < -0.39 is 41.5 Å². The third kappa shape index (κ3) is 8.40. The number of likely N-dealkylation sites (N-methyl/N-ethyl adjacent to an activating group) is 1. The fourth-order valence-electron chi connectivity index (χ4n) is 6.67. The Hall–Kier alpha value is -4.59. The minimum absolute atomic E-state index is 0.0913. The van der Waals surface area contributed by atoms with Crippen LogP contribution in [0.4, 0.5) is 34.1 Å².